The molecule has 0 bridgehead atoms. The Morgan fingerprint density at radius 2 is 1.29 bits per heavy atom. The molecule has 2 atom stereocenters. The molecule has 0 spiro atoms. The molecule has 0 saturated heterocycles. The molecule has 2 unspecified atom stereocenters. The van der Waals surface area contributed by atoms with E-state index in [4.69, 9.17) is 0 Å². The fraction of sp³-hybridized carbons (Fsp3) is 0.500. The molecule has 1 rings (SSSR count). The maximum atomic E-state index is 12.9. The fourth-order valence-corrected chi connectivity index (χ4v) is 2.77. The van der Waals surface area contributed by atoms with Crippen LogP contribution < -0.4 is 0 Å². The summed E-state index contributed by atoms with van der Waals surface area (Å²) in [6.07, 6.45) is 1.74. The molecule has 0 amide bonds. The van der Waals surface area contributed by atoms with Crippen LogP contribution in [0.25, 0.3) is 6.08 Å². The molecule has 0 aliphatic rings. The number of hydrogen-bond acceptors (Lipinski definition) is 4. The predicted molar refractivity (Wildman–Crippen MR) is 99.9 cm³/mol. The standard InChI is InChI=1S/C20H30N2O2/c1-15(13-21(3)4)19(23)18(12-17-10-8-7-9-11-17)20(24)16(2)14-22(5)6/h7-12,15-16H,13-14H2,1-6H3. The predicted octanol–water partition coefficient (Wildman–Crippen LogP) is 2.60. The van der Waals surface area contributed by atoms with Gasteiger partial charge in [-0.25, -0.2) is 0 Å². The van der Waals surface area contributed by atoms with E-state index >= 15 is 0 Å². The molecule has 132 valence electrons. The summed E-state index contributed by atoms with van der Waals surface area (Å²) in [4.78, 5) is 29.7. The van der Waals surface area contributed by atoms with E-state index in [1.165, 1.54) is 0 Å². The van der Waals surface area contributed by atoms with Crippen LogP contribution in [0.4, 0.5) is 0 Å². The summed E-state index contributed by atoms with van der Waals surface area (Å²) in [5.74, 6) is -0.595. The number of carbonyl (C=O) groups excluding carboxylic acids is 2. The van der Waals surface area contributed by atoms with Crippen LogP contribution in [0.5, 0.6) is 0 Å². The van der Waals surface area contributed by atoms with E-state index in [0.29, 0.717) is 18.7 Å². The van der Waals surface area contributed by atoms with E-state index in [9.17, 15) is 9.59 Å². The van der Waals surface area contributed by atoms with Gasteiger partial charge in [0.15, 0.2) is 11.6 Å². The highest BCUT2D eigenvalue weighted by atomic mass is 16.1. The van der Waals surface area contributed by atoms with Gasteiger partial charge in [0.25, 0.3) is 0 Å². The van der Waals surface area contributed by atoms with Crippen LogP contribution in [-0.4, -0.2) is 62.6 Å². The van der Waals surface area contributed by atoms with Crippen LogP contribution in [0.3, 0.4) is 0 Å². The molecule has 1 aromatic carbocycles. The SMILES string of the molecule is CC(CN(C)C)C(=O)C(=Cc1ccccc1)C(=O)C(C)CN(C)C. The summed E-state index contributed by atoms with van der Waals surface area (Å²) in [5, 5.41) is 0. The Kier molecular flexibility index (Phi) is 8.02. The van der Waals surface area contributed by atoms with E-state index in [1.54, 1.807) is 6.08 Å². The number of carbonyl (C=O) groups is 2. The summed E-state index contributed by atoms with van der Waals surface area (Å²) in [7, 11) is 7.73. The molecular weight excluding hydrogens is 300 g/mol. The molecule has 24 heavy (non-hydrogen) atoms. The molecule has 0 heterocycles. The zero-order valence-electron chi connectivity index (χ0n) is 15.7. The molecule has 0 aromatic heterocycles. The van der Waals surface area contributed by atoms with Gasteiger partial charge in [-0.15, -0.1) is 0 Å². The van der Waals surface area contributed by atoms with Crippen LogP contribution in [0.1, 0.15) is 19.4 Å². The first-order chi connectivity index (χ1) is 11.2. The van der Waals surface area contributed by atoms with Gasteiger partial charge in [-0.05, 0) is 39.8 Å². The lowest BCUT2D eigenvalue weighted by atomic mass is 9.89. The van der Waals surface area contributed by atoms with Gasteiger partial charge in [-0.2, -0.15) is 0 Å². The highest BCUT2D eigenvalue weighted by Gasteiger charge is 2.27. The minimum atomic E-state index is -0.217. The molecule has 0 fully saturated rings. The Hall–Kier alpha value is -1.78. The molecule has 0 radical (unpaired) electrons. The molecule has 0 saturated carbocycles. The number of rotatable bonds is 9. The van der Waals surface area contributed by atoms with Crippen molar-refractivity contribution < 1.29 is 9.59 Å². The van der Waals surface area contributed by atoms with E-state index in [-0.39, 0.29) is 23.4 Å². The van der Waals surface area contributed by atoms with E-state index in [0.717, 1.165) is 5.56 Å². The van der Waals surface area contributed by atoms with Crippen molar-refractivity contribution in [3.8, 4) is 0 Å². The Morgan fingerprint density at radius 3 is 1.67 bits per heavy atom. The number of allylic oxidation sites excluding steroid dienone is 1. The van der Waals surface area contributed by atoms with E-state index < -0.39 is 0 Å². The van der Waals surface area contributed by atoms with Gasteiger partial charge in [0.05, 0.1) is 5.57 Å². The number of benzene rings is 1. The third-order valence-electron chi connectivity index (χ3n) is 3.81. The van der Waals surface area contributed by atoms with Gasteiger partial charge < -0.3 is 9.80 Å². The Morgan fingerprint density at radius 1 is 0.875 bits per heavy atom. The van der Waals surface area contributed by atoms with Crippen molar-refractivity contribution in [1.29, 1.82) is 0 Å². The second kappa shape index (κ2) is 9.50. The van der Waals surface area contributed by atoms with Crippen molar-refractivity contribution in [2.75, 3.05) is 41.3 Å². The normalized spacial score (nSPS) is 13.7. The average Bonchev–Trinajstić information content (AvgIpc) is 2.51. The van der Waals surface area contributed by atoms with Gasteiger partial charge in [-0.1, -0.05) is 44.2 Å². The summed E-state index contributed by atoms with van der Waals surface area (Å²) < 4.78 is 0. The Balaban J connectivity index is 3.14. The molecule has 4 heteroatoms. The second-order valence-corrected chi connectivity index (χ2v) is 7.02. The van der Waals surface area contributed by atoms with Crippen molar-refractivity contribution in [2.45, 2.75) is 13.8 Å². The van der Waals surface area contributed by atoms with Crippen molar-refractivity contribution >= 4 is 17.6 Å². The summed E-state index contributed by atoms with van der Waals surface area (Å²) >= 11 is 0. The van der Waals surface area contributed by atoms with Crippen molar-refractivity contribution in [2.24, 2.45) is 11.8 Å². The first-order valence-electron chi connectivity index (χ1n) is 8.37. The zero-order chi connectivity index (χ0) is 18.3. The second-order valence-electron chi connectivity index (χ2n) is 7.02. The zero-order valence-corrected chi connectivity index (χ0v) is 15.7. The molecule has 0 N–H and O–H groups in total. The molecule has 4 nitrogen and oxygen atoms in total. The maximum Gasteiger partial charge on any atom is 0.170 e. The molecule has 1 aromatic rings. The van der Waals surface area contributed by atoms with Gasteiger partial charge in [0, 0.05) is 24.9 Å². The van der Waals surface area contributed by atoms with E-state index in [2.05, 4.69) is 0 Å². The fourth-order valence-electron chi connectivity index (χ4n) is 2.77. The molecular formula is C20H30N2O2. The van der Waals surface area contributed by atoms with Gasteiger partial charge >= 0.3 is 0 Å². The Bertz CT molecular complexity index is 547. The van der Waals surface area contributed by atoms with Gasteiger partial charge in [0.1, 0.15) is 0 Å². The lowest BCUT2D eigenvalue weighted by Crippen LogP contribution is -2.33. The number of hydrogen-bond donors (Lipinski definition) is 0. The number of nitrogens with zero attached hydrogens (tertiary/aromatic N) is 2. The van der Waals surface area contributed by atoms with Crippen LogP contribution >= 0.6 is 0 Å². The molecule has 0 aliphatic carbocycles. The van der Waals surface area contributed by atoms with Crippen molar-refractivity contribution in [1.82, 2.24) is 9.80 Å². The summed E-state index contributed by atoms with van der Waals surface area (Å²) in [6, 6.07) is 9.56. The highest BCUT2D eigenvalue weighted by molar-refractivity contribution is 6.24. The topological polar surface area (TPSA) is 40.6 Å². The van der Waals surface area contributed by atoms with Crippen LogP contribution in [0.15, 0.2) is 35.9 Å². The van der Waals surface area contributed by atoms with Crippen molar-refractivity contribution in [3.63, 3.8) is 0 Å². The first-order valence-corrected chi connectivity index (χ1v) is 8.37. The van der Waals surface area contributed by atoms with Crippen LogP contribution in [0.2, 0.25) is 0 Å². The average molecular weight is 330 g/mol. The third-order valence-corrected chi connectivity index (χ3v) is 3.81. The Labute approximate surface area is 146 Å². The third kappa shape index (κ3) is 6.38. The highest BCUT2D eigenvalue weighted by Crippen LogP contribution is 2.18. The number of ketones is 2. The van der Waals surface area contributed by atoms with Crippen molar-refractivity contribution in [3.05, 3.63) is 41.5 Å². The largest absolute Gasteiger partial charge is 0.309 e. The summed E-state index contributed by atoms with van der Waals surface area (Å²) in [5.41, 5.74) is 1.19. The van der Waals surface area contributed by atoms with Gasteiger partial charge in [0.2, 0.25) is 0 Å². The van der Waals surface area contributed by atoms with Crippen LogP contribution in [0, 0.1) is 11.8 Å². The molecule has 0 aliphatic heterocycles. The van der Waals surface area contributed by atoms with E-state index in [1.807, 2.05) is 82.2 Å². The minimum Gasteiger partial charge on any atom is -0.309 e. The quantitative estimate of drug-likeness (QED) is 0.396. The lowest BCUT2D eigenvalue weighted by molar-refractivity contribution is -0.125. The van der Waals surface area contributed by atoms with Gasteiger partial charge in [-0.3, -0.25) is 9.59 Å². The first kappa shape index (κ1) is 20.3. The minimum absolute atomic E-state index is 0.0804. The lowest BCUT2D eigenvalue weighted by Gasteiger charge is -2.20. The van der Waals surface area contributed by atoms with Crippen LogP contribution in [-0.2, 0) is 9.59 Å². The summed E-state index contributed by atoms with van der Waals surface area (Å²) in [6.45, 7) is 5.01. The maximum absolute atomic E-state index is 12.9. The monoisotopic (exact) mass is 330 g/mol. The smallest absolute Gasteiger partial charge is 0.170 e. The number of Topliss-reactive ketones (excluding diaryl/α,β-unsaturated/α-hetero) is 2.